The Morgan fingerprint density at radius 3 is 2.90 bits per heavy atom. The van der Waals surface area contributed by atoms with Crippen LogP contribution in [0.15, 0.2) is 61.9 Å². The van der Waals surface area contributed by atoms with Crippen LogP contribution in [0.1, 0.15) is 18.4 Å². The Morgan fingerprint density at radius 1 is 1.38 bits per heavy atom. The van der Waals surface area contributed by atoms with E-state index in [1.807, 2.05) is 6.92 Å². The lowest BCUT2D eigenvalue weighted by Crippen LogP contribution is -2.27. The summed E-state index contributed by atoms with van der Waals surface area (Å²) in [5.74, 6) is 0.170. The molecule has 1 aliphatic heterocycles. The van der Waals surface area contributed by atoms with Crippen molar-refractivity contribution >= 4 is 29.4 Å². The van der Waals surface area contributed by atoms with E-state index in [-0.39, 0.29) is 28.3 Å². The molecule has 1 amide bonds. The summed E-state index contributed by atoms with van der Waals surface area (Å²) in [6, 6.07) is 9.21. The molecule has 1 atom stereocenters. The van der Waals surface area contributed by atoms with Gasteiger partial charge in [0.2, 0.25) is 5.91 Å². The maximum absolute atomic E-state index is 13.4. The highest BCUT2D eigenvalue weighted by Gasteiger charge is 2.27. The maximum Gasteiger partial charge on any atom is 0.272 e. The van der Waals surface area contributed by atoms with E-state index in [0.29, 0.717) is 34.5 Å². The first kappa shape index (κ1) is 19.8. The average molecular weight is 432 g/mol. The molecule has 3 aromatic rings. The van der Waals surface area contributed by atoms with Gasteiger partial charge < -0.3 is 9.73 Å². The van der Waals surface area contributed by atoms with Gasteiger partial charge in [-0.1, -0.05) is 18.7 Å². The van der Waals surface area contributed by atoms with Gasteiger partial charge in [0.05, 0.1) is 34.8 Å². The van der Waals surface area contributed by atoms with Gasteiger partial charge in [0.25, 0.3) is 5.56 Å². The highest BCUT2D eigenvalue weighted by Crippen LogP contribution is 2.34. The summed E-state index contributed by atoms with van der Waals surface area (Å²) in [4.78, 5) is 30.6. The van der Waals surface area contributed by atoms with Gasteiger partial charge >= 0.3 is 0 Å². The van der Waals surface area contributed by atoms with Crippen LogP contribution in [0, 0.1) is 5.82 Å². The Bertz CT molecular complexity index is 1080. The average Bonchev–Trinajstić information content (AvgIpc) is 3.35. The minimum atomic E-state index is -0.384. The van der Waals surface area contributed by atoms with E-state index in [9.17, 15) is 14.0 Å². The summed E-state index contributed by atoms with van der Waals surface area (Å²) in [6.07, 6.45) is 2.25. The number of furan rings is 1. The largest absolute Gasteiger partial charge is 0.467 e. The molecule has 6 nitrogen and oxygen atoms in total. The summed E-state index contributed by atoms with van der Waals surface area (Å²) >= 11 is 2.68. The highest BCUT2D eigenvalue weighted by atomic mass is 32.2. The van der Waals surface area contributed by atoms with Gasteiger partial charge in [-0.25, -0.2) is 9.37 Å². The molecule has 3 heterocycles. The summed E-state index contributed by atoms with van der Waals surface area (Å²) < 4.78 is 20.0. The Morgan fingerprint density at radius 2 is 2.17 bits per heavy atom. The van der Waals surface area contributed by atoms with Gasteiger partial charge in [-0.2, -0.15) is 0 Å². The number of halogens is 1. The second-order valence-corrected chi connectivity index (χ2v) is 8.96. The number of fused-ring (bicyclic) bond motifs is 1. The number of amides is 1. The van der Waals surface area contributed by atoms with E-state index in [4.69, 9.17) is 4.42 Å². The van der Waals surface area contributed by atoms with Crippen molar-refractivity contribution in [2.45, 2.75) is 35.2 Å². The summed E-state index contributed by atoms with van der Waals surface area (Å²) in [7, 11) is 0. The first-order valence-corrected chi connectivity index (χ1v) is 10.9. The number of nitrogens with zero attached hydrogens (tertiary/aromatic N) is 2. The van der Waals surface area contributed by atoms with Crippen molar-refractivity contribution in [3.8, 4) is 5.69 Å². The maximum atomic E-state index is 13.4. The van der Waals surface area contributed by atoms with Gasteiger partial charge in [0.1, 0.15) is 11.6 Å². The van der Waals surface area contributed by atoms with Crippen LogP contribution in [0.3, 0.4) is 0 Å². The van der Waals surface area contributed by atoms with Crippen LogP contribution in [0.5, 0.6) is 0 Å². The minimum absolute atomic E-state index is 0.0931. The number of nitrogens with one attached hydrogen (secondary N) is 1. The third-order valence-electron chi connectivity index (χ3n) is 4.34. The quantitative estimate of drug-likeness (QED) is 0.476. The van der Waals surface area contributed by atoms with Crippen LogP contribution in [0.4, 0.5) is 4.39 Å². The number of rotatable bonds is 6. The van der Waals surface area contributed by atoms with Crippen LogP contribution in [0.25, 0.3) is 5.69 Å². The monoisotopic (exact) mass is 431 g/mol. The van der Waals surface area contributed by atoms with Gasteiger partial charge in [-0.15, -0.1) is 11.8 Å². The van der Waals surface area contributed by atoms with E-state index in [1.165, 1.54) is 52.4 Å². The summed E-state index contributed by atoms with van der Waals surface area (Å²) in [5.41, 5.74) is 1.09. The second-order valence-electron chi connectivity index (χ2n) is 6.56. The lowest BCUT2D eigenvalue weighted by molar-refractivity contribution is -0.118. The van der Waals surface area contributed by atoms with E-state index in [2.05, 4.69) is 10.3 Å². The number of hydrogen-bond acceptors (Lipinski definition) is 6. The van der Waals surface area contributed by atoms with E-state index in [1.54, 1.807) is 18.4 Å². The van der Waals surface area contributed by atoms with Gasteiger partial charge in [-0.3, -0.25) is 14.2 Å². The second kappa shape index (κ2) is 8.46. The zero-order valence-electron chi connectivity index (χ0n) is 15.6. The molecular formula is C20H18FN3O3S2. The first-order valence-electron chi connectivity index (χ1n) is 9.01. The number of aromatic nitrogens is 2. The molecule has 0 fully saturated rings. The third kappa shape index (κ3) is 4.40. The van der Waals surface area contributed by atoms with Crippen molar-refractivity contribution < 1.29 is 13.6 Å². The molecule has 0 spiro atoms. The molecule has 0 unspecified atom stereocenters. The molecule has 0 radical (unpaired) electrons. The molecule has 0 saturated carbocycles. The van der Waals surface area contributed by atoms with Crippen molar-refractivity contribution in [2.24, 2.45) is 0 Å². The number of thioether (sulfide) groups is 2. The zero-order valence-corrected chi connectivity index (χ0v) is 17.2. The lowest BCUT2D eigenvalue weighted by Gasteiger charge is -2.13. The van der Waals surface area contributed by atoms with Crippen LogP contribution in [0.2, 0.25) is 0 Å². The molecule has 0 aliphatic carbocycles. The normalized spacial score (nSPS) is 15.3. The molecule has 1 aliphatic rings. The predicted octanol–water partition coefficient (Wildman–Crippen LogP) is 3.41. The fraction of sp³-hybridized carbons (Fsp3) is 0.250. The molecule has 9 heteroatoms. The van der Waals surface area contributed by atoms with E-state index in [0.717, 1.165) is 5.69 Å². The van der Waals surface area contributed by atoms with Crippen molar-refractivity contribution in [1.82, 2.24) is 14.9 Å². The van der Waals surface area contributed by atoms with Gasteiger partial charge in [0, 0.05) is 11.7 Å². The fourth-order valence-electron chi connectivity index (χ4n) is 2.99. The van der Waals surface area contributed by atoms with Crippen molar-refractivity contribution in [1.29, 1.82) is 0 Å². The van der Waals surface area contributed by atoms with Crippen LogP contribution < -0.4 is 10.9 Å². The fourth-order valence-corrected chi connectivity index (χ4v) is 4.95. The van der Waals surface area contributed by atoms with Crippen molar-refractivity contribution in [3.05, 3.63) is 70.3 Å². The SMILES string of the molecule is C[C@H]1Cc2nc(SCC(=O)NCc3ccco3)n(-c3ccc(F)cc3)c(=O)c2S1. The number of carbonyl (C=O) groups excluding carboxylic acids is 1. The number of carbonyl (C=O) groups is 1. The topological polar surface area (TPSA) is 77.1 Å². The number of hydrogen-bond donors (Lipinski definition) is 1. The minimum Gasteiger partial charge on any atom is -0.467 e. The zero-order chi connectivity index (χ0) is 20.4. The van der Waals surface area contributed by atoms with Crippen molar-refractivity contribution in [3.63, 3.8) is 0 Å². The lowest BCUT2D eigenvalue weighted by atomic mass is 10.2. The summed E-state index contributed by atoms with van der Waals surface area (Å²) in [5, 5.41) is 3.46. The Kier molecular flexibility index (Phi) is 5.77. The molecule has 1 aromatic carbocycles. The third-order valence-corrected chi connectivity index (χ3v) is 6.49. The smallest absolute Gasteiger partial charge is 0.272 e. The molecule has 0 saturated heterocycles. The van der Waals surface area contributed by atoms with Crippen LogP contribution >= 0.6 is 23.5 Å². The van der Waals surface area contributed by atoms with E-state index >= 15 is 0 Å². The molecular weight excluding hydrogens is 413 g/mol. The van der Waals surface area contributed by atoms with E-state index < -0.39 is 0 Å². The van der Waals surface area contributed by atoms with Gasteiger partial charge in [-0.05, 0) is 36.4 Å². The Balaban J connectivity index is 1.59. The highest BCUT2D eigenvalue weighted by molar-refractivity contribution is 8.00. The van der Waals surface area contributed by atoms with Crippen molar-refractivity contribution in [2.75, 3.05) is 5.75 Å². The van der Waals surface area contributed by atoms with Crippen LogP contribution in [-0.4, -0.2) is 26.5 Å². The Hall–Kier alpha value is -2.52. The summed E-state index contributed by atoms with van der Waals surface area (Å²) in [6.45, 7) is 2.34. The predicted molar refractivity (Wildman–Crippen MR) is 110 cm³/mol. The molecule has 150 valence electrons. The molecule has 2 aromatic heterocycles. The number of benzene rings is 1. The molecule has 1 N–H and O–H groups in total. The van der Waals surface area contributed by atoms with Gasteiger partial charge in [0.15, 0.2) is 5.16 Å². The molecule has 0 bridgehead atoms. The molecule has 4 rings (SSSR count). The Labute approximate surface area is 174 Å². The standard InChI is InChI=1S/C20H18FN3O3S2/c1-12-9-16-18(29-12)19(26)24(14-6-4-13(21)5-7-14)20(23-16)28-11-17(25)22-10-15-3-2-8-27-15/h2-8,12H,9-11H2,1H3,(H,22,25)/t12-/m0/s1. The van der Waals surface area contributed by atoms with Crippen LogP contribution in [-0.2, 0) is 17.8 Å². The first-order chi connectivity index (χ1) is 14.0. The molecule has 29 heavy (non-hydrogen) atoms.